The lowest BCUT2D eigenvalue weighted by Gasteiger charge is -2.25. The van der Waals surface area contributed by atoms with E-state index in [2.05, 4.69) is 10.6 Å². The van der Waals surface area contributed by atoms with Crippen LogP contribution in [0, 0.1) is 13.8 Å². The number of nitrogens with one attached hydrogen (secondary N) is 2. The van der Waals surface area contributed by atoms with Gasteiger partial charge in [0.25, 0.3) is 5.91 Å². The molecule has 2 atom stereocenters. The third-order valence-corrected chi connectivity index (χ3v) is 6.16. The minimum atomic E-state index is -1.18. The molecule has 2 aliphatic heterocycles. The molecule has 33 heavy (non-hydrogen) atoms. The molecule has 0 radical (unpaired) electrons. The summed E-state index contributed by atoms with van der Waals surface area (Å²) in [5.41, 5.74) is 5.01. The van der Waals surface area contributed by atoms with Crippen molar-refractivity contribution in [3.63, 3.8) is 0 Å². The summed E-state index contributed by atoms with van der Waals surface area (Å²) in [6, 6.07) is 9.95. The number of hydrogen-bond donors (Lipinski definition) is 3. The predicted octanol–water partition coefficient (Wildman–Crippen LogP) is 1.72. The highest BCUT2D eigenvalue weighted by Gasteiger charge is 2.45. The van der Waals surface area contributed by atoms with Crippen molar-refractivity contribution in [2.75, 3.05) is 25.1 Å². The molecule has 0 aromatic heterocycles. The van der Waals surface area contributed by atoms with E-state index in [1.54, 1.807) is 12.1 Å². The second kappa shape index (κ2) is 9.03. The van der Waals surface area contributed by atoms with E-state index in [9.17, 15) is 19.2 Å². The van der Waals surface area contributed by atoms with Crippen molar-refractivity contribution in [1.82, 2.24) is 10.2 Å². The Morgan fingerprint density at radius 2 is 1.94 bits per heavy atom. The molecule has 2 heterocycles. The number of benzene rings is 2. The third-order valence-electron chi connectivity index (χ3n) is 6.16. The van der Waals surface area contributed by atoms with E-state index in [1.807, 2.05) is 38.1 Å². The Labute approximate surface area is 190 Å². The zero-order chi connectivity index (χ0) is 23.7. The van der Waals surface area contributed by atoms with Gasteiger partial charge in [0.2, 0.25) is 11.8 Å². The number of carboxylic acid groups (broad SMARTS) is 1. The largest absolute Gasteiger partial charge is 0.480 e. The van der Waals surface area contributed by atoms with Gasteiger partial charge in [-0.05, 0) is 54.7 Å². The Morgan fingerprint density at radius 3 is 2.70 bits per heavy atom. The summed E-state index contributed by atoms with van der Waals surface area (Å²) in [5, 5.41) is 14.1. The number of amides is 3. The summed E-state index contributed by atoms with van der Waals surface area (Å²) in [7, 11) is 0. The van der Waals surface area contributed by atoms with E-state index in [0.29, 0.717) is 24.2 Å². The fourth-order valence-electron chi connectivity index (χ4n) is 4.40. The lowest BCUT2D eigenvalue weighted by Crippen LogP contribution is -2.52. The van der Waals surface area contributed by atoms with Crippen molar-refractivity contribution in [3.8, 4) is 11.1 Å². The summed E-state index contributed by atoms with van der Waals surface area (Å²) in [6.45, 7) is 3.34. The Bertz CT molecular complexity index is 1150. The van der Waals surface area contributed by atoms with E-state index in [1.165, 1.54) is 4.90 Å². The third kappa shape index (κ3) is 4.45. The highest BCUT2D eigenvalue weighted by Crippen LogP contribution is 2.33. The van der Waals surface area contributed by atoms with Gasteiger partial charge in [-0.2, -0.15) is 0 Å². The lowest BCUT2D eigenvalue weighted by atomic mass is 9.95. The van der Waals surface area contributed by atoms with Crippen LogP contribution in [-0.2, 0) is 19.1 Å². The molecule has 0 unspecified atom stereocenters. The van der Waals surface area contributed by atoms with Crippen LogP contribution < -0.4 is 10.6 Å². The average molecular weight is 451 g/mol. The molecule has 4 rings (SSSR count). The Kier molecular flexibility index (Phi) is 6.15. The standard InChI is InChI=1S/C24H25N3O6/c1-13-4-3-5-16(14(13)2)15-6-7-18-17(10-15)24(32)27-9-8-19(22(27)23(31)26-18)25-20(28)11-33-12-21(29)30/h3-7,10,19,22H,8-9,11-12H2,1-2H3,(H,25,28)(H,26,31)(H,29,30)/t19-,22-/m0/s1. The molecule has 0 aliphatic carbocycles. The zero-order valence-corrected chi connectivity index (χ0v) is 18.4. The molecule has 2 aromatic rings. The van der Waals surface area contributed by atoms with Crippen LogP contribution >= 0.6 is 0 Å². The van der Waals surface area contributed by atoms with E-state index in [-0.39, 0.29) is 11.8 Å². The maximum absolute atomic E-state index is 13.4. The van der Waals surface area contributed by atoms with Gasteiger partial charge in [-0.15, -0.1) is 0 Å². The molecule has 1 saturated heterocycles. The van der Waals surface area contributed by atoms with Gasteiger partial charge in [-0.3, -0.25) is 14.4 Å². The van der Waals surface area contributed by atoms with E-state index < -0.39 is 37.2 Å². The number of fused-ring (bicyclic) bond motifs is 2. The van der Waals surface area contributed by atoms with Crippen LogP contribution in [0.15, 0.2) is 36.4 Å². The number of anilines is 1. The summed E-state index contributed by atoms with van der Waals surface area (Å²) < 4.78 is 4.81. The van der Waals surface area contributed by atoms with Gasteiger partial charge >= 0.3 is 5.97 Å². The van der Waals surface area contributed by atoms with Gasteiger partial charge < -0.3 is 25.4 Å². The maximum Gasteiger partial charge on any atom is 0.329 e. The number of carbonyl (C=O) groups excluding carboxylic acids is 3. The fourth-order valence-corrected chi connectivity index (χ4v) is 4.40. The molecular formula is C24H25N3O6. The molecule has 2 aromatic carbocycles. The summed E-state index contributed by atoms with van der Waals surface area (Å²) in [6.07, 6.45) is 0.403. The van der Waals surface area contributed by atoms with Gasteiger partial charge in [0.1, 0.15) is 19.3 Å². The smallest absolute Gasteiger partial charge is 0.329 e. The van der Waals surface area contributed by atoms with Crippen LogP contribution in [0.4, 0.5) is 5.69 Å². The first-order valence-electron chi connectivity index (χ1n) is 10.7. The minimum Gasteiger partial charge on any atom is -0.480 e. The summed E-state index contributed by atoms with van der Waals surface area (Å²) in [4.78, 5) is 50.6. The van der Waals surface area contributed by atoms with Gasteiger partial charge in [0.15, 0.2) is 0 Å². The molecule has 0 spiro atoms. The number of carboxylic acids is 1. The molecule has 172 valence electrons. The molecule has 3 amide bonds. The van der Waals surface area contributed by atoms with Gasteiger partial charge in [0.05, 0.1) is 17.3 Å². The quantitative estimate of drug-likeness (QED) is 0.614. The number of carbonyl (C=O) groups is 4. The van der Waals surface area contributed by atoms with E-state index >= 15 is 0 Å². The average Bonchev–Trinajstić information content (AvgIpc) is 3.14. The highest BCUT2D eigenvalue weighted by atomic mass is 16.5. The van der Waals surface area contributed by atoms with Crippen LogP contribution in [0.3, 0.4) is 0 Å². The van der Waals surface area contributed by atoms with Crippen LogP contribution in [0.5, 0.6) is 0 Å². The Hall–Kier alpha value is -3.72. The molecular weight excluding hydrogens is 426 g/mol. The Morgan fingerprint density at radius 1 is 1.15 bits per heavy atom. The molecule has 2 aliphatic rings. The normalized spacial score (nSPS) is 19.4. The molecule has 1 fully saturated rings. The van der Waals surface area contributed by atoms with Crippen LogP contribution in [0.1, 0.15) is 27.9 Å². The van der Waals surface area contributed by atoms with Crippen molar-refractivity contribution in [2.24, 2.45) is 0 Å². The maximum atomic E-state index is 13.4. The number of ether oxygens (including phenoxy) is 1. The van der Waals surface area contributed by atoms with Crippen molar-refractivity contribution >= 4 is 29.4 Å². The second-order valence-corrected chi connectivity index (χ2v) is 8.29. The van der Waals surface area contributed by atoms with Crippen LogP contribution in [0.25, 0.3) is 11.1 Å². The number of rotatable bonds is 6. The number of aliphatic carboxylic acids is 1. The number of hydrogen-bond acceptors (Lipinski definition) is 5. The van der Waals surface area contributed by atoms with Crippen LogP contribution in [0.2, 0.25) is 0 Å². The van der Waals surface area contributed by atoms with Gasteiger partial charge in [-0.1, -0.05) is 24.3 Å². The number of aryl methyl sites for hydroxylation is 1. The first kappa shape index (κ1) is 22.5. The summed E-state index contributed by atoms with van der Waals surface area (Å²) >= 11 is 0. The predicted molar refractivity (Wildman–Crippen MR) is 120 cm³/mol. The van der Waals surface area contributed by atoms with Gasteiger partial charge in [-0.25, -0.2) is 4.79 Å². The SMILES string of the molecule is Cc1cccc(-c2ccc3c(c2)C(=O)N2CC[C@H](NC(=O)COCC(=O)O)[C@H]2C(=O)N3)c1C. The van der Waals surface area contributed by atoms with Gasteiger partial charge in [0, 0.05) is 6.54 Å². The summed E-state index contributed by atoms with van der Waals surface area (Å²) in [5.74, 6) is -2.38. The van der Waals surface area contributed by atoms with Crippen molar-refractivity contribution < 1.29 is 29.0 Å². The van der Waals surface area contributed by atoms with Crippen molar-refractivity contribution in [2.45, 2.75) is 32.4 Å². The zero-order valence-electron chi connectivity index (χ0n) is 18.4. The highest BCUT2D eigenvalue weighted by molar-refractivity contribution is 6.11. The molecule has 0 bridgehead atoms. The van der Waals surface area contributed by atoms with Crippen molar-refractivity contribution in [1.29, 1.82) is 0 Å². The number of nitrogens with zero attached hydrogens (tertiary/aromatic N) is 1. The molecule has 9 heteroatoms. The topological polar surface area (TPSA) is 125 Å². The first-order chi connectivity index (χ1) is 15.8. The lowest BCUT2D eigenvalue weighted by molar-refractivity contribution is -0.143. The van der Waals surface area contributed by atoms with E-state index in [4.69, 9.17) is 9.84 Å². The second-order valence-electron chi connectivity index (χ2n) is 8.29. The Balaban J connectivity index is 1.56. The minimum absolute atomic E-state index is 0.278. The molecule has 9 nitrogen and oxygen atoms in total. The molecule has 3 N–H and O–H groups in total. The monoisotopic (exact) mass is 451 g/mol. The van der Waals surface area contributed by atoms with E-state index in [0.717, 1.165) is 22.3 Å². The molecule has 0 saturated carbocycles. The first-order valence-corrected chi connectivity index (χ1v) is 10.7. The fraction of sp³-hybridized carbons (Fsp3) is 0.333. The van der Waals surface area contributed by atoms with Crippen molar-refractivity contribution in [3.05, 3.63) is 53.1 Å². The van der Waals surface area contributed by atoms with Crippen LogP contribution in [-0.4, -0.2) is 65.5 Å².